The number of rotatable bonds is 5. The molecular weight excluding hydrogens is 295 g/mol. The first kappa shape index (κ1) is 16.0. The molecule has 2 unspecified atom stereocenters. The van der Waals surface area contributed by atoms with E-state index < -0.39 is 0 Å². The van der Waals surface area contributed by atoms with Crippen LogP contribution in [0.2, 0.25) is 0 Å². The second-order valence-electron chi connectivity index (χ2n) is 6.15. The highest BCUT2D eigenvalue weighted by Crippen LogP contribution is 2.42. The molecule has 2 atom stereocenters. The molecule has 3 aromatic carbocycles. The molecule has 0 N–H and O–H groups in total. The lowest BCUT2D eigenvalue weighted by Gasteiger charge is -2.39. The Bertz CT molecular complexity index is 678. The molecule has 1 heteroatoms. The molecule has 23 heavy (non-hydrogen) atoms. The van der Waals surface area contributed by atoms with Gasteiger partial charge >= 0.3 is 0 Å². The molecule has 0 saturated heterocycles. The van der Waals surface area contributed by atoms with Crippen LogP contribution in [0.5, 0.6) is 0 Å². The zero-order valence-electron chi connectivity index (χ0n) is 13.5. The predicted molar refractivity (Wildman–Crippen MR) is 103 cm³/mol. The van der Waals surface area contributed by atoms with Gasteiger partial charge in [0, 0.05) is 5.41 Å². The topological polar surface area (TPSA) is 0 Å². The van der Waals surface area contributed by atoms with Crippen LogP contribution in [0.15, 0.2) is 91.0 Å². The minimum absolute atomic E-state index is 0.0471. The smallest absolute Gasteiger partial charge is 0.0302 e. The first-order chi connectivity index (χ1) is 11.2. The molecule has 0 nitrogen and oxygen atoms in total. The van der Waals surface area contributed by atoms with Crippen molar-refractivity contribution < 1.29 is 0 Å². The molecule has 0 heterocycles. The van der Waals surface area contributed by atoms with Gasteiger partial charge < -0.3 is 0 Å². The maximum absolute atomic E-state index is 3.04. The summed E-state index contributed by atoms with van der Waals surface area (Å²) < 4.78 is 0. The standard InChI is InChI=1S/C22H23P/c1-18(23)22(20-13-7-3-8-14-20,21-15-9-4-10-16-21)17-19-11-5-2-6-12-19/h2-16,18H,17,23H2,1H3. The lowest BCUT2D eigenvalue weighted by atomic mass is 9.68. The van der Waals surface area contributed by atoms with Gasteiger partial charge in [0.05, 0.1) is 0 Å². The van der Waals surface area contributed by atoms with Crippen molar-refractivity contribution in [2.24, 2.45) is 0 Å². The van der Waals surface area contributed by atoms with Crippen molar-refractivity contribution >= 4 is 9.24 Å². The zero-order chi connectivity index (χ0) is 16.1. The fraction of sp³-hybridized carbons (Fsp3) is 0.182. The van der Waals surface area contributed by atoms with E-state index in [1.54, 1.807) is 0 Å². The van der Waals surface area contributed by atoms with E-state index in [2.05, 4.69) is 107 Å². The Labute approximate surface area is 141 Å². The van der Waals surface area contributed by atoms with Gasteiger partial charge in [-0.2, -0.15) is 0 Å². The molecule has 3 aromatic rings. The van der Waals surface area contributed by atoms with Crippen molar-refractivity contribution in [2.45, 2.75) is 24.4 Å². The second-order valence-corrected chi connectivity index (χ2v) is 7.15. The van der Waals surface area contributed by atoms with Crippen molar-refractivity contribution in [2.75, 3.05) is 0 Å². The largest absolute Gasteiger partial charge is 0.133 e. The Hall–Kier alpha value is -1.91. The van der Waals surface area contributed by atoms with E-state index in [1.807, 2.05) is 0 Å². The van der Waals surface area contributed by atoms with E-state index in [-0.39, 0.29) is 5.41 Å². The van der Waals surface area contributed by atoms with E-state index in [4.69, 9.17) is 0 Å². The van der Waals surface area contributed by atoms with Crippen LogP contribution in [-0.2, 0) is 11.8 Å². The molecule has 0 spiro atoms. The van der Waals surface area contributed by atoms with Gasteiger partial charge in [-0.1, -0.05) is 97.9 Å². The highest BCUT2D eigenvalue weighted by molar-refractivity contribution is 7.17. The quantitative estimate of drug-likeness (QED) is 0.547. The summed E-state index contributed by atoms with van der Waals surface area (Å²) in [6.45, 7) is 2.30. The molecule has 0 bridgehead atoms. The molecule has 0 fully saturated rings. The average molecular weight is 318 g/mol. The van der Waals surface area contributed by atoms with Crippen LogP contribution in [0.4, 0.5) is 0 Å². The minimum Gasteiger partial charge on any atom is -0.133 e. The second kappa shape index (κ2) is 7.11. The van der Waals surface area contributed by atoms with Crippen LogP contribution in [0.3, 0.4) is 0 Å². The van der Waals surface area contributed by atoms with Gasteiger partial charge in [-0.05, 0) is 28.8 Å². The van der Waals surface area contributed by atoms with Gasteiger partial charge in [0.2, 0.25) is 0 Å². The maximum Gasteiger partial charge on any atom is 0.0302 e. The minimum atomic E-state index is -0.0471. The molecule has 0 aliphatic rings. The van der Waals surface area contributed by atoms with Crippen LogP contribution in [0.25, 0.3) is 0 Å². The predicted octanol–water partition coefficient (Wildman–Crippen LogP) is 5.48. The zero-order valence-corrected chi connectivity index (χ0v) is 14.7. The Morgan fingerprint density at radius 2 is 1.09 bits per heavy atom. The molecule has 0 radical (unpaired) electrons. The molecule has 0 aromatic heterocycles. The first-order valence-electron chi connectivity index (χ1n) is 8.14. The van der Waals surface area contributed by atoms with Crippen molar-refractivity contribution in [1.29, 1.82) is 0 Å². The van der Waals surface area contributed by atoms with Crippen molar-refractivity contribution in [1.82, 2.24) is 0 Å². The number of hydrogen-bond donors (Lipinski definition) is 0. The van der Waals surface area contributed by atoms with Crippen molar-refractivity contribution in [3.05, 3.63) is 108 Å². The molecule has 0 amide bonds. The monoisotopic (exact) mass is 318 g/mol. The fourth-order valence-corrected chi connectivity index (χ4v) is 3.95. The third-order valence-corrected chi connectivity index (χ3v) is 5.25. The maximum atomic E-state index is 3.04. The number of hydrogen-bond acceptors (Lipinski definition) is 0. The van der Waals surface area contributed by atoms with E-state index in [1.165, 1.54) is 16.7 Å². The van der Waals surface area contributed by atoms with Crippen LogP contribution in [-0.4, -0.2) is 5.66 Å². The summed E-state index contributed by atoms with van der Waals surface area (Å²) in [6, 6.07) is 32.6. The Morgan fingerprint density at radius 3 is 1.48 bits per heavy atom. The molecule has 0 aliphatic carbocycles. The lowest BCUT2D eigenvalue weighted by molar-refractivity contribution is 0.505. The molecule has 3 rings (SSSR count). The van der Waals surface area contributed by atoms with Gasteiger partial charge in [0.1, 0.15) is 0 Å². The van der Waals surface area contributed by atoms with E-state index in [9.17, 15) is 0 Å². The van der Waals surface area contributed by atoms with E-state index in [0.29, 0.717) is 5.66 Å². The molecule has 0 aliphatic heterocycles. The summed E-state index contributed by atoms with van der Waals surface area (Å²) in [7, 11) is 3.04. The Morgan fingerprint density at radius 1 is 0.696 bits per heavy atom. The normalized spacial score (nSPS) is 12.8. The summed E-state index contributed by atoms with van der Waals surface area (Å²) in [6.07, 6.45) is 0.993. The molecular formula is C22H23P. The van der Waals surface area contributed by atoms with Gasteiger partial charge in [-0.15, -0.1) is 9.24 Å². The van der Waals surface area contributed by atoms with E-state index >= 15 is 0 Å². The van der Waals surface area contributed by atoms with Crippen LogP contribution in [0, 0.1) is 0 Å². The summed E-state index contributed by atoms with van der Waals surface area (Å²) >= 11 is 0. The van der Waals surface area contributed by atoms with Gasteiger partial charge in [0.15, 0.2) is 0 Å². The van der Waals surface area contributed by atoms with Crippen LogP contribution < -0.4 is 0 Å². The number of benzene rings is 3. The Balaban J connectivity index is 2.19. The Kier molecular flexibility index (Phi) is 4.94. The fourth-order valence-electron chi connectivity index (χ4n) is 3.45. The van der Waals surface area contributed by atoms with E-state index in [0.717, 1.165) is 6.42 Å². The highest BCUT2D eigenvalue weighted by atomic mass is 31.0. The summed E-state index contributed by atoms with van der Waals surface area (Å²) in [4.78, 5) is 0. The highest BCUT2D eigenvalue weighted by Gasteiger charge is 2.37. The third-order valence-electron chi connectivity index (χ3n) is 4.68. The van der Waals surface area contributed by atoms with Gasteiger partial charge in [0.25, 0.3) is 0 Å². The summed E-state index contributed by atoms with van der Waals surface area (Å²) in [5, 5.41) is 0. The van der Waals surface area contributed by atoms with Crippen LogP contribution >= 0.6 is 9.24 Å². The van der Waals surface area contributed by atoms with Crippen LogP contribution in [0.1, 0.15) is 23.6 Å². The summed E-state index contributed by atoms with van der Waals surface area (Å²) in [5.74, 6) is 0. The molecule has 0 saturated carbocycles. The van der Waals surface area contributed by atoms with Gasteiger partial charge in [-0.3, -0.25) is 0 Å². The van der Waals surface area contributed by atoms with Gasteiger partial charge in [-0.25, -0.2) is 0 Å². The summed E-state index contributed by atoms with van der Waals surface area (Å²) in [5.41, 5.74) is 4.48. The van der Waals surface area contributed by atoms with Crippen molar-refractivity contribution in [3.8, 4) is 0 Å². The SMILES string of the molecule is CC(P)C(Cc1ccccc1)(c1ccccc1)c1ccccc1. The average Bonchev–Trinajstić information content (AvgIpc) is 2.62. The molecule has 116 valence electrons. The van der Waals surface area contributed by atoms with Crippen molar-refractivity contribution in [3.63, 3.8) is 0 Å². The lowest BCUT2D eigenvalue weighted by Crippen LogP contribution is -2.38. The first-order valence-corrected chi connectivity index (χ1v) is 8.81. The third kappa shape index (κ3) is 3.23.